The topological polar surface area (TPSA) is 89.0 Å². The molecule has 0 aliphatic carbocycles. The third-order valence-corrected chi connectivity index (χ3v) is 8.66. The van der Waals surface area contributed by atoms with Gasteiger partial charge in [-0.25, -0.2) is 8.78 Å². The summed E-state index contributed by atoms with van der Waals surface area (Å²) in [5.74, 6) is -0.567. The minimum Gasteiger partial charge on any atom is -0.497 e. The van der Waals surface area contributed by atoms with Crippen LogP contribution in [0.2, 0.25) is 0 Å². The third-order valence-electron chi connectivity index (χ3n) is 8.66. The maximum Gasteiger partial charge on any atom is 0.272 e. The van der Waals surface area contributed by atoms with Crippen LogP contribution in [-0.2, 0) is 6.54 Å². The molecule has 0 saturated carbocycles. The van der Waals surface area contributed by atoms with Gasteiger partial charge in [0.2, 0.25) is 0 Å². The Kier molecular flexibility index (Phi) is 9.99. The van der Waals surface area contributed by atoms with Gasteiger partial charge in [0.1, 0.15) is 17.6 Å². The molecular formula is C34H37F2N3O5. The average Bonchev–Trinajstić information content (AvgIpc) is 3.05. The largest absolute Gasteiger partial charge is 0.497 e. The van der Waals surface area contributed by atoms with E-state index in [4.69, 9.17) is 9.47 Å². The molecule has 1 unspecified atom stereocenters. The number of halogens is 2. The molecule has 0 spiro atoms. The lowest BCUT2D eigenvalue weighted by atomic mass is 9.88. The Bertz CT molecular complexity index is 1470. The highest BCUT2D eigenvalue weighted by Crippen LogP contribution is 2.28. The monoisotopic (exact) mass is 605 g/mol. The lowest BCUT2D eigenvalue weighted by Crippen LogP contribution is -2.42. The summed E-state index contributed by atoms with van der Waals surface area (Å²) in [4.78, 5) is 46.8. The lowest BCUT2D eigenvalue weighted by molar-refractivity contribution is 0.0644. The molecule has 2 saturated heterocycles. The molecule has 10 heteroatoms. The number of ketones is 2. The summed E-state index contributed by atoms with van der Waals surface area (Å²) in [5.41, 5.74) is 1.94. The molecule has 0 bridgehead atoms. The Hall–Kier alpha value is -4.18. The molecule has 2 fully saturated rings. The van der Waals surface area contributed by atoms with Crippen LogP contribution in [0.15, 0.2) is 60.8 Å². The summed E-state index contributed by atoms with van der Waals surface area (Å²) in [6.45, 7) is 2.06. The number of amides is 1. The van der Waals surface area contributed by atoms with Crippen LogP contribution in [0.25, 0.3) is 0 Å². The fraction of sp³-hybridized carbons (Fsp3) is 0.412. The number of piperidine rings is 2. The van der Waals surface area contributed by atoms with E-state index in [1.54, 1.807) is 54.5 Å². The SMILES string of the molecule is COc1ccc(C(=O)C2CCN(C(=O)c3ccc(C(=O)CC4CCN(Cc5ccc(OC)c(F)c5)C[C@H]4F)cn3)CC2)cc1. The maximum absolute atomic E-state index is 15.1. The van der Waals surface area contributed by atoms with Gasteiger partial charge in [-0.15, -0.1) is 0 Å². The average molecular weight is 606 g/mol. The molecule has 0 N–H and O–H groups in total. The smallest absolute Gasteiger partial charge is 0.272 e. The molecule has 2 atom stereocenters. The zero-order valence-electron chi connectivity index (χ0n) is 25.0. The number of benzene rings is 2. The second kappa shape index (κ2) is 14.1. The van der Waals surface area contributed by atoms with E-state index in [2.05, 4.69) is 4.98 Å². The molecule has 3 heterocycles. The quantitative estimate of drug-likeness (QED) is 0.286. The number of pyridine rings is 1. The van der Waals surface area contributed by atoms with Crippen molar-refractivity contribution in [1.29, 1.82) is 0 Å². The predicted molar refractivity (Wildman–Crippen MR) is 160 cm³/mol. The minimum atomic E-state index is -1.19. The number of alkyl halides is 1. The van der Waals surface area contributed by atoms with Crippen LogP contribution in [0.1, 0.15) is 62.5 Å². The van der Waals surface area contributed by atoms with Crippen LogP contribution in [-0.4, -0.2) is 78.8 Å². The van der Waals surface area contributed by atoms with Crippen molar-refractivity contribution in [3.8, 4) is 11.5 Å². The van der Waals surface area contributed by atoms with E-state index in [-0.39, 0.29) is 47.8 Å². The molecular weight excluding hydrogens is 568 g/mol. The summed E-state index contributed by atoms with van der Waals surface area (Å²) in [6.07, 6.45) is 1.88. The second-order valence-corrected chi connectivity index (χ2v) is 11.5. The molecule has 2 aliphatic rings. The molecule has 0 radical (unpaired) electrons. The van der Waals surface area contributed by atoms with Gasteiger partial charge in [-0.2, -0.15) is 0 Å². The molecule has 44 heavy (non-hydrogen) atoms. The van der Waals surface area contributed by atoms with Crippen LogP contribution in [0, 0.1) is 17.7 Å². The van der Waals surface area contributed by atoms with Crippen LogP contribution in [0.3, 0.4) is 0 Å². The van der Waals surface area contributed by atoms with Crippen LogP contribution in [0.5, 0.6) is 11.5 Å². The van der Waals surface area contributed by atoms with E-state index in [1.165, 1.54) is 25.4 Å². The van der Waals surface area contributed by atoms with Crippen molar-refractivity contribution in [2.45, 2.75) is 38.4 Å². The van der Waals surface area contributed by atoms with E-state index in [9.17, 15) is 18.8 Å². The van der Waals surface area contributed by atoms with Gasteiger partial charge in [0.15, 0.2) is 23.1 Å². The number of aromatic nitrogens is 1. The standard InChI is InChI=1S/C34H37F2N3O5/c1-43-27-7-4-23(5-8-27)33(41)24-12-15-39(16-13-24)34(42)30-9-6-26(19-37-30)31(40)18-25-11-14-38(21-29(25)36)20-22-3-10-32(44-2)28(35)17-22/h3-10,17,19,24-25,29H,11-16,18,20-21H2,1-2H3/t25?,29-/m1/s1. The number of hydrogen-bond acceptors (Lipinski definition) is 7. The predicted octanol–water partition coefficient (Wildman–Crippen LogP) is 5.41. The number of carbonyl (C=O) groups excluding carboxylic acids is 3. The molecule has 3 aromatic rings. The third kappa shape index (κ3) is 7.30. The van der Waals surface area contributed by atoms with Crippen molar-refractivity contribution in [3.05, 3.63) is 89.0 Å². The fourth-order valence-electron chi connectivity index (χ4n) is 6.00. The first kappa shape index (κ1) is 31.3. The van der Waals surface area contributed by atoms with Crippen molar-refractivity contribution >= 4 is 17.5 Å². The number of methoxy groups -OCH3 is 2. The van der Waals surface area contributed by atoms with Crippen molar-refractivity contribution in [3.63, 3.8) is 0 Å². The van der Waals surface area contributed by atoms with Crippen molar-refractivity contribution < 1.29 is 32.6 Å². The first-order valence-corrected chi connectivity index (χ1v) is 14.9. The second-order valence-electron chi connectivity index (χ2n) is 11.5. The maximum atomic E-state index is 15.1. The van der Waals surface area contributed by atoms with Gasteiger partial charge in [-0.1, -0.05) is 6.07 Å². The number of likely N-dealkylation sites (tertiary alicyclic amines) is 2. The zero-order chi connectivity index (χ0) is 31.2. The van der Waals surface area contributed by atoms with Gasteiger partial charge >= 0.3 is 0 Å². The Morgan fingerprint density at radius 2 is 1.64 bits per heavy atom. The highest BCUT2D eigenvalue weighted by atomic mass is 19.1. The Morgan fingerprint density at radius 3 is 2.25 bits per heavy atom. The van der Waals surface area contributed by atoms with Crippen molar-refractivity contribution in [2.75, 3.05) is 40.4 Å². The number of nitrogens with zero attached hydrogens (tertiary/aromatic N) is 3. The van der Waals surface area contributed by atoms with Gasteiger partial charge in [-0.05, 0) is 85.8 Å². The molecule has 2 aliphatic heterocycles. The van der Waals surface area contributed by atoms with E-state index in [0.29, 0.717) is 62.3 Å². The molecule has 8 nitrogen and oxygen atoms in total. The van der Waals surface area contributed by atoms with Gasteiger partial charge in [-0.3, -0.25) is 24.3 Å². The molecule has 2 aromatic carbocycles. The first-order valence-electron chi connectivity index (χ1n) is 14.9. The molecule has 1 aromatic heterocycles. The number of rotatable bonds is 10. The van der Waals surface area contributed by atoms with Crippen molar-refractivity contribution in [1.82, 2.24) is 14.8 Å². The van der Waals surface area contributed by atoms with E-state index >= 15 is 4.39 Å². The van der Waals surface area contributed by atoms with Gasteiger partial charge < -0.3 is 14.4 Å². The fourth-order valence-corrected chi connectivity index (χ4v) is 6.00. The summed E-state index contributed by atoms with van der Waals surface area (Å²) in [5, 5.41) is 0. The Balaban J connectivity index is 1.09. The summed E-state index contributed by atoms with van der Waals surface area (Å²) in [7, 11) is 2.98. The summed E-state index contributed by atoms with van der Waals surface area (Å²) in [6, 6.07) is 14.9. The minimum absolute atomic E-state index is 0.0525. The van der Waals surface area contributed by atoms with Crippen LogP contribution >= 0.6 is 0 Å². The number of hydrogen-bond donors (Lipinski definition) is 0. The van der Waals surface area contributed by atoms with Gasteiger partial charge in [0.25, 0.3) is 5.91 Å². The molecule has 5 rings (SSSR count). The number of carbonyl (C=O) groups is 3. The zero-order valence-corrected chi connectivity index (χ0v) is 25.0. The van der Waals surface area contributed by atoms with E-state index in [0.717, 1.165) is 5.56 Å². The number of ether oxygens (including phenoxy) is 2. The Labute approximate surface area is 256 Å². The molecule has 232 valence electrons. The Morgan fingerprint density at radius 1 is 0.909 bits per heavy atom. The summed E-state index contributed by atoms with van der Waals surface area (Å²) >= 11 is 0. The van der Waals surface area contributed by atoms with Crippen LogP contribution < -0.4 is 9.47 Å². The first-order chi connectivity index (χ1) is 21.2. The van der Waals surface area contributed by atoms with Crippen molar-refractivity contribution in [2.24, 2.45) is 11.8 Å². The van der Waals surface area contributed by atoms with E-state index in [1.807, 2.05) is 4.90 Å². The van der Waals surface area contributed by atoms with Gasteiger partial charge in [0.05, 0.1) is 14.2 Å². The van der Waals surface area contributed by atoms with Crippen LogP contribution in [0.4, 0.5) is 8.78 Å². The lowest BCUT2D eigenvalue weighted by Gasteiger charge is -2.34. The highest BCUT2D eigenvalue weighted by Gasteiger charge is 2.32. The van der Waals surface area contributed by atoms with Gasteiger partial charge in [0, 0.05) is 55.8 Å². The summed E-state index contributed by atoms with van der Waals surface area (Å²) < 4.78 is 39.2. The normalized spacial score (nSPS) is 19.4. The van der Waals surface area contributed by atoms with E-state index < -0.39 is 17.9 Å². The molecule has 1 amide bonds. The number of Topliss-reactive ketones (excluding diaryl/α,β-unsaturated/α-hetero) is 2. The highest BCUT2D eigenvalue weighted by molar-refractivity contribution is 5.99.